The van der Waals surface area contributed by atoms with Crippen molar-refractivity contribution in [3.8, 4) is 0 Å². The number of halogens is 1. The summed E-state index contributed by atoms with van der Waals surface area (Å²) in [6.45, 7) is 1.16. The third kappa shape index (κ3) is 7.04. The van der Waals surface area contributed by atoms with E-state index >= 15 is 0 Å². The van der Waals surface area contributed by atoms with E-state index in [1.54, 1.807) is 6.07 Å². The molecule has 0 fully saturated rings. The molecule has 0 bridgehead atoms. The molecular weight excluding hydrogens is 245 g/mol. The first kappa shape index (κ1) is 14.1. The summed E-state index contributed by atoms with van der Waals surface area (Å²) in [6.07, 6.45) is 1.05. The van der Waals surface area contributed by atoms with Crippen molar-refractivity contribution in [3.05, 3.63) is 35.6 Å². The number of rotatable bonds is 7. The van der Waals surface area contributed by atoms with Gasteiger partial charge in [0.25, 0.3) is 10.1 Å². The molecule has 0 saturated heterocycles. The smallest absolute Gasteiger partial charge is 0.264 e. The highest BCUT2D eigenvalue weighted by Crippen LogP contribution is 2.03. The van der Waals surface area contributed by atoms with Crippen LogP contribution in [0.3, 0.4) is 0 Å². The van der Waals surface area contributed by atoms with E-state index in [4.69, 9.17) is 4.55 Å². The Morgan fingerprint density at radius 3 is 2.71 bits per heavy atom. The molecule has 0 aromatic heterocycles. The number of nitrogens with one attached hydrogen (secondary N) is 1. The second-order valence-corrected chi connectivity index (χ2v) is 5.34. The largest absolute Gasteiger partial charge is 0.316 e. The van der Waals surface area contributed by atoms with Crippen LogP contribution in [-0.2, 0) is 16.5 Å². The molecule has 0 aliphatic carbocycles. The summed E-state index contributed by atoms with van der Waals surface area (Å²) in [5.41, 5.74) is 0.896. The fourth-order valence-electron chi connectivity index (χ4n) is 1.43. The lowest BCUT2D eigenvalue weighted by atomic mass is 10.1. The highest BCUT2D eigenvalue weighted by Gasteiger charge is 2.02. The fraction of sp³-hybridized carbons (Fsp3) is 0.455. The van der Waals surface area contributed by atoms with Crippen molar-refractivity contribution in [2.75, 3.05) is 18.8 Å². The molecular formula is C11H16FNO3S. The van der Waals surface area contributed by atoms with Gasteiger partial charge >= 0.3 is 0 Å². The Labute approximate surface area is 101 Å². The number of benzene rings is 1. The Morgan fingerprint density at radius 1 is 1.29 bits per heavy atom. The maximum Gasteiger partial charge on any atom is 0.264 e. The zero-order valence-corrected chi connectivity index (χ0v) is 10.2. The van der Waals surface area contributed by atoms with Gasteiger partial charge < -0.3 is 5.32 Å². The standard InChI is InChI=1S/C11H16FNO3S/c12-11-4-1-3-10(9-11)5-7-13-6-2-8-17(14,15)16/h1,3-4,9,13H,2,5-8H2,(H,14,15,16). The van der Waals surface area contributed by atoms with Crippen molar-refractivity contribution in [3.63, 3.8) is 0 Å². The van der Waals surface area contributed by atoms with Gasteiger partial charge in [0.1, 0.15) is 5.82 Å². The molecule has 0 spiro atoms. The van der Waals surface area contributed by atoms with Gasteiger partial charge in [-0.05, 0) is 43.6 Å². The van der Waals surface area contributed by atoms with Gasteiger partial charge in [-0.2, -0.15) is 8.42 Å². The van der Waals surface area contributed by atoms with E-state index in [1.807, 2.05) is 6.07 Å². The van der Waals surface area contributed by atoms with Crippen LogP contribution < -0.4 is 5.32 Å². The lowest BCUT2D eigenvalue weighted by Gasteiger charge is -2.04. The summed E-state index contributed by atoms with van der Waals surface area (Å²) in [6, 6.07) is 6.36. The summed E-state index contributed by atoms with van der Waals surface area (Å²) >= 11 is 0. The lowest BCUT2D eigenvalue weighted by molar-refractivity contribution is 0.479. The molecule has 6 heteroatoms. The summed E-state index contributed by atoms with van der Waals surface area (Å²) in [4.78, 5) is 0. The van der Waals surface area contributed by atoms with Crippen LogP contribution in [0.15, 0.2) is 24.3 Å². The molecule has 1 aromatic carbocycles. The molecule has 17 heavy (non-hydrogen) atoms. The molecule has 96 valence electrons. The van der Waals surface area contributed by atoms with E-state index in [2.05, 4.69) is 5.32 Å². The first-order valence-corrected chi connectivity index (χ1v) is 6.98. The normalized spacial score (nSPS) is 11.6. The summed E-state index contributed by atoms with van der Waals surface area (Å²) in [5, 5.41) is 3.03. The summed E-state index contributed by atoms with van der Waals surface area (Å²) < 4.78 is 42.1. The molecule has 0 atom stereocenters. The molecule has 0 heterocycles. The molecule has 4 nitrogen and oxygen atoms in total. The second-order valence-electron chi connectivity index (χ2n) is 3.77. The molecule has 0 amide bonds. The van der Waals surface area contributed by atoms with E-state index in [1.165, 1.54) is 12.1 Å². The molecule has 0 saturated carbocycles. The van der Waals surface area contributed by atoms with Crippen LogP contribution >= 0.6 is 0 Å². The SMILES string of the molecule is O=S(=O)(O)CCCNCCc1cccc(F)c1. The fourth-order valence-corrected chi connectivity index (χ4v) is 1.94. The van der Waals surface area contributed by atoms with Crippen LogP contribution in [0.1, 0.15) is 12.0 Å². The van der Waals surface area contributed by atoms with Gasteiger partial charge in [-0.25, -0.2) is 4.39 Å². The van der Waals surface area contributed by atoms with Crippen molar-refractivity contribution in [2.45, 2.75) is 12.8 Å². The van der Waals surface area contributed by atoms with Gasteiger partial charge in [-0.1, -0.05) is 12.1 Å². The van der Waals surface area contributed by atoms with Crippen molar-refractivity contribution in [1.82, 2.24) is 5.32 Å². The van der Waals surface area contributed by atoms with E-state index in [0.717, 1.165) is 5.56 Å². The van der Waals surface area contributed by atoms with Crippen molar-refractivity contribution >= 4 is 10.1 Å². The molecule has 1 aromatic rings. The van der Waals surface area contributed by atoms with Gasteiger partial charge in [-0.3, -0.25) is 4.55 Å². The topological polar surface area (TPSA) is 66.4 Å². The Hall–Kier alpha value is -0.980. The average Bonchev–Trinajstić information content (AvgIpc) is 2.22. The first-order valence-electron chi connectivity index (χ1n) is 5.38. The lowest BCUT2D eigenvalue weighted by Crippen LogP contribution is -2.20. The summed E-state index contributed by atoms with van der Waals surface area (Å²) in [7, 11) is -3.86. The van der Waals surface area contributed by atoms with Crippen LogP contribution in [0.2, 0.25) is 0 Å². The molecule has 0 aliphatic rings. The van der Waals surface area contributed by atoms with Gasteiger partial charge in [-0.15, -0.1) is 0 Å². The highest BCUT2D eigenvalue weighted by atomic mass is 32.2. The highest BCUT2D eigenvalue weighted by molar-refractivity contribution is 7.85. The second kappa shape index (κ2) is 6.68. The zero-order valence-electron chi connectivity index (χ0n) is 9.39. The Balaban J connectivity index is 2.13. The van der Waals surface area contributed by atoms with Crippen molar-refractivity contribution in [1.29, 1.82) is 0 Å². The van der Waals surface area contributed by atoms with Crippen molar-refractivity contribution in [2.24, 2.45) is 0 Å². The number of hydrogen-bond donors (Lipinski definition) is 2. The van der Waals surface area contributed by atoms with Gasteiger partial charge in [0, 0.05) is 0 Å². The predicted octanol–water partition coefficient (Wildman–Crippen LogP) is 1.24. The maximum atomic E-state index is 12.8. The molecule has 0 unspecified atom stereocenters. The Bertz CT molecular complexity index is 448. The third-order valence-corrected chi connectivity index (χ3v) is 3.04. The van der Waals surface area contributed by atoms with Crippen LogP contribution in [0.4, 0.5) is 4.39 Å². The van der Waals surface area contributed by atoms with Gasteiger partial charge in [0.2, 0.25) is 0 Å². The minimum atomic E-state index is -3.86. The molecule has 0 aliphatic heterocycles. The Morgan fingerprint density at radius 2 is 2.06 bits per heavy atom. The minimum absolute atomic E-state index is 0.236. The average molecular weight is 261 g/mol. The molecule has 2 N–H and O–H groups in total. The van der Waals surface area contributed by atoms with Gasteiger partial charge in [0.05, 0.1) is 5.75 Å². The van der Waals surface area contributed by atoms with Crippen LogP contribution in [-0.4, -0.2) is 31.8 Å². The van der Waals surface area contributed by atoms with E-state index in [-0.39, 0.29) is 11.6 Å². The minimum Gasteiger partial charge on any atom is -0.316 e. The Kier molecular flexibility index (Phi) is 5.54. The van der Waals surface area contributed by atoms with E-state index in [9.17, 15) is 12.8 Å². The van der Waals surface area contributed by atoms with Crippen molar-refractivity contribution < 1.29 is 17.4 Å². The van der Waals surface area contributed by atoms with Gasteiger partial charge in [0.15, 0.2) is 0 Å². The summed E-state index contributed by atoms with van der Waals surface area (Å²) in [5.74, 6) is -0.492. The molecule has 0 radical (unpaired) electrons. The molecule has 1 rings (SSSR count). The van der Waals surface area contributed by atoms with Crippen LogP contribution in [0, 0.1) is 5.82 Å². The zero-order chi connectivity index (χ0) is 12.7. The van der Waals surface area contributed by atoms with Crippen LogP contribution in [0.25, 0.3) is 0 Å². The van der Waals surface area contributed by atoms with Crippen LogP contribution in [0.5, 0.6) is 0 Å². The van der Waals surface area contributed by atoms with E-state index in [0.29, 0.717) is 25.9 Å². The monoisotopic (exact) mass is 261 g/mol. The third-order valence-electron chi connectivity index (χ3n) is 2.24. The number of hydrogen-bond acceptors (Lipinski definition) is 3. The predicted molar refractivity (Wildman–Crippen MR) is 64.0 cm³/mol. The quantitative estimate of drug-likeness (QED) is 0.572. The van der Waals surface area contributed by atoms with E-state index < -0.39 is 10.1 Å². The maximum absolute atomic E-state index is 12.8. The first-order chi connectivity index (χ1) is 7.97.